The molecule has 0 spiro atoms. The molecule has 0 aliphatic heterocycles. The molecule has 0 saturated heterocycles. The van der Waals surface area contributed by atoms with Crippen molar-refractivity contribution in [2.24, 2.45) is 0 Å². The normalized spacial score (nSPS) is 14.9. The summed E-state index contributed by atoms with van der Waals surface area (Å²) in [5.41, 5.74) is 0.802. The van der Waals surface area contributed by atoms with Crippen LogP contribution in [0.25, 0.3) is 0 Å². The Labute approximate surface area is 100.0 Å². The first-order chi connectivity index (χ1) is 8.31. The van der Waals surface area contributed by atoms with Crippen LogP contribution in [0.4, 0.5) is 8.78 Å². The number of benzene rings is 1. The van der Waals surface area contributed by atoms with E-state index in [1.807, 2.05) is 6.07 Å². The Kier molecular flexibility index (Phi) is 4.31. The fraction of sp³-hybridized carbons (Fsp3) is 0.538. The molecule has 0 unspecified atom stereocenters. The van der Waals surface area contributed by atoms with Crippen LogP contribution >= 0.6 is 0 Å². The van der Waals surface area contributed by atoms with Crippen LogP contribution in [-0.2, 0) is 6.54 Å². The van der Waals surface area contributed by atoms with Crippen LogP contribution in [0.5, 0.6) is 5.75 Å². The van der Waals surface area contributed by atoms with E-state index in [4.69, 9.17) is 4.74 Å². The molecule has 94 valence electrons. The summed E-state index contributed by atoms with van der Waals surface area (Å²) in [5.74, 6) is -0.118. The molecule has 0 atom stereocenters. The Balaban J connectivity index is 1.98. The van der Waals surface area contributed by atoms with Gasteiger partial charge in [-0.25, -0.2) is 4.39 Å². The van der Waals surface area contributed by atoms with Gasteiger partial charge in [0.1, 0.15) is 0 Å². The number of para-hydroxylation sites is 1. The van der Waals surface area contributed by atoms with E-state index < -0.39 is 6.67 Å². The number of ether oxygens (including phenoxy) is 1. The molecule has 1 aliphatic carbocycles. The summed E-state index contributed by atoms with van der Waals surface area (Å²) < 4.78 is 30.9. The topological polar surface area (TPSA) is 21.3 Å². The molecule has 0 aromatic heterocycles. The standard InChI is InChI=1S/C13H17F2NO/c14-7-2-8-17-13-10(3-1-4-12(13)15)9-16-11-5-6-11/h1,3-4,11,16H,2,5-9H2. The number of hydrogen-bond acceptors (Lipinski definition) is 2. The zero-order valence-corrected chi connectivity index (χ0v) is 9.72. The van der Waals surface area contributed by atoms with Gasteiger partial charge in [0.05, 0.1) is 13.3 Å². The van der Waals surface area contributed by atoms with E-state index in [-0.39, 0.29) is 18.2 Å². The van der Waals surface area contributed by atoms with Crippen molar-refractivity contribution in [2.45, 2.75) is 31.8 Å². The zero-order chi connectivity index (χ0) is 12.1. The summed E-state index contributed by atoms with van der Waals surface area (Å²) >= 11 is 0. The second kappa shape index (κ2) is 5.96. The highest BCUT2D eigenvalue weighted by atomic mass is 19.1. The maximum atomic E-state index is 13.6. The van der Waals surface area contributed by atoms with Crippen LogP contribution in [0.2, 0.25) is 0 Å². The minimum Gasteiger partial charge on any atom is -0.490 e. The zero-order valence-electron chi connectivity index (χ0n) is 9.72. The van der Waals surface area contributed by atoms with Crippen molar-refractivity contribution >= 4 is 0 Å². The van der Waals surface area contributed by atoms with E-state index in [2.05, 4.69) is 5.32 Å². The first-order valence-corrected chi connectivity index (χ1v) is 6.01. The lowest BCUT2D eigenvalue weighted by atomic mass is 10.2. The summed E-state index contributed by atoms with van der Waals surface area (Å²) in [5, 5.41) is 3.31. The van der Waals surface area contributed by atoms with E-state index >= 15 is 0 Å². The summed E-state index contributed by atoms with van der Waals surface area (Å²) in [7, 11) is 0. The number of hydrogen-bond donors (Lipinski definition) is 1. The summed E-state index contributed by atoms with van der Waals surface area (Å²) in [6, 6.07) is 5.44. The van der Waals surface area contributed by atoms with Crippen LogP contribution in [-0.4, -0.2) is 19.3 Å². The molecule has 0 amide bonds. The second-order valence-electron chi connectivity index (χ2n) is 4.27. The van der Waals surface area contributed by atoms with Crippen molar-refractivity contribution in [2.75, 3.05) is 13.3 Å². The van der Waals surface area contributed by atoms with Crippen molar-refractivity contribution in [1.29, 1.82) is 0 Å². The van der Waals surface area contributed by atoms with E-state index in [1.54, 1.807) is 6.07 Å². The van der Waals surface area contributed by atoms with Gasteiger partial charge in [-0.2, -0.15) is 0 Å². The Morgan fingerprint density at radius 2 is 2.18 bits per heavy atom. The Bertz CT molecular complexity index is 366. The molecule has 1 aromatic carbocycles. The van der Waals surface area contributed by atoms with E-state index in [9.17, 15) is 8.78 Å². The molecule has 1 aliphatic rings. The number of alkyl halides is 1. The average Bonchev–Trinajstić information content (AvgIpc) is 3.13. The number of rotatable bonds is 7. The first-order valence-electron chi connectivity index (χ1n) is 6.01. The fourth-order valence-electron chi connectivity index (χ4n) is 1.62. The van der Waals surface area contributed by atoms with Gasteiger partial charge >= 0.3 is 0 Å². The first kappa shape index (κ1) is 12.3. The lowest BCUT2D eigenvalue weighted by Crippen LogP contribution is -2.16. The molecule has 0 heterocycles. The molecule has 1 aromatic rings. The van der Waals surface area contributed by atoms with Crippen molar-refractivity contribution < 1.29 is 13.5 Å². The Morgan fingerprint density at radius 3 is 2.88 bits per heavy atom. The van der Waals surface area contributed by atoms with Crippen molar-refractivity contribution in [3.63, 3.8) is 0 Å². The molecule has 1 N–H and O–H groups in total. The maximum Gasteiger partial charge on any atom is 0.165 e. The molecule has 2 nitrogen and oxygen atoms in total. The predicted octanol–water partition coefficient (Wildman–Crippen LogP) is 2.82. The van der Waals surface area contributed by atoms with Crippen molar-refractivity contribution in [1.82, 2.24) is 5.32 Å². The van der Waals surface area contributed by atoms with E-state index in [0.29, 0.717) is 19.0 Å². The van der Waals surface area contributed by atoms with Gasteiger partial charge in [-0.3, -0.25) is 4.39 Å². The van der Waals surface area contributed by atoms with Gasteiger partial charge in [0.25, 0.3) is 0 Å². The van der Waals surface area contributed by atoms with Gasteiger partial charge in [-0.05, 0) is 18.9 Å². The summed E-state index contributed by atoms with van der Waals surface area (Å²) in [6.07, 6.45) is 2.67. The number of halogens is 2. The third kappa shape index (κ3) is 3.66. The Hall–Kier alpha value is -1.16. The molecule has 4 heteroatoms. The van der Waals surface area contributed by atoms with Gasteiger partial charge in [0.2, 0.25) is 0 Å². The monoisotopic (exact) mass is 241 g/mol. The fourth-order valence-corrected chi connectivity index (χ4v) is 1.62. The highest BCUT2D eigenvalue weighted by Gasteiger charge is 2.21. The van der Waals surface area contributed by atoms with Crippen molar-refractivity contribution in [3.05, 3.63) is 29.6 Å². The molecule has 2 rings (SSSR count). The highest BCUT2D eigenvalue weighted by molar-refractivity contribution is 5.35. The van der Waals surface area contributed by atoms with Gasteiger partial charge in [-0.1, -0.05) is 12.1 Å². The quantitative estimate of drug-likeness (QED) is 0.741. The third-order valence-corrected chi connectivity index (χ3v) is 2.73. The van der Waals surface area contributed by atoms with Crippen LogP contribution in [0.15, 0.2) is 18.2 Å². The third-order valence-electron chi connectivity index (χ3n) is 2.73. The van der Waals surface area contributed by atoms with E-state index in [1.165, 1.54) is 18.9 Å². The summed E-state index contributed by atoms with van der Waals surface area (Å²) in [4.78, 5) is 0. The Morgan fingerprint density at radius 1 is 1.35 bits per heavy atom. The molecule has 17 heavy (non-hydrogen) atoms. The molecule has 1 saturated carbocycles. The molecular weight excluding hydrogens is 224 g/mol. The average molecular weight is 241 g/mol. The highest BCUT2D eigenvalue weighted by Crippen LogP contribution is 2.25. The van der Waals surface area contributed by atoms with Crippen LogP contribution in [0.1, 0.15) is 24.8 Å². The molecular formula is C13H17F2NO. The number of nitrogens with one attached hydrogen (secondary N) is 1. The SMILES string of the molecule is FCCCOc1c(F)cccc1CNC1CC1. The van der Waals surface area contributed by atoms with Gasteiger partial charge in [0, 0.05) is 24.6 Å². The largest absolute Gasteiger partial charge is 0.490 e. The minimum atomic E-state index is -0.440. The van der Waals surface area contributed by atoms with Crippen molar-refractivity contribution in [3.8, 4) is 5.75 Å². The summed E-state index contributed by atoms with van der Waals surface area (Å²) in [6.45, 7) is 0.380. The lowest BCUT2D eigenvalue weighted by molar-refractivity contribution is 0.274. The molecule has 1 fully saturated rings. The second-order valence-corrected chi connectivity index (χ2v) is 4.27. The van der Waals surface area contributed by atoms with Gasteiger partial charge in [-0.15, -0.1) is 0 Å². The van der Waals surface area contributed by atoms with Crippen LogP contribution in [0.3, 0.4) is 0 Å². The minimum absolute atomic E-state index is 0.216. The van der Waals surface area contributed by atoms with Crippen LogP contribution < -0.4 is 10.1 Å². The lowest BCUT2D eigenvalue weighted by Gasteiger charge is -2.12. The van der Waals surface area contributed by atoms with Crippen LogP contribution in [0, 0.1) is 5.82 Å². The molecule has 0 radical (unpaired) electrons. The van der Waals surface area contributed by atoms with Gasteiger partial charge in [0.15, 0.2) is 11.6 Å². The van der Waals surface area contributed by atoms with Gasteiger partial charge < -0.3 is 10.1 Å². The van der Waals surface area contributed by atoms with E-state index in [0.717, 1.165) is 5.56 Å². The smallest absolute Gasteiger partial charge is 0.165 e. The predicted molar refractivity (Wildman–Crippen MR) is 62.3 cm³/mol. The maximum absolute atomic E-state index is 13.6. The molecule has 0 bridgehead atoms.